The Morgan fingerprint density at radius 2 is 2.05 bits per heavy atom. The third-order valence-electron chi connectivity index (χ3n) is 3.52. The van der Waals surface area contributed by atoms with Gasteiger partial charge in [-0.05, 0) is 47.8 Å². The van der Waals surface area contributed by atoms with Crippen LogP contribution in [0.2, 0.25) is 0 Å². The molecule has 0 saturated carbocycles. The van der Waals surface area contributed by atoms with E-state index in [1.165, 1.54) is 0 Å². The van der Waals surface area contributed by atoms with Gasteiger partial charge in [-0.25, -0.2) is 0 Å². The molecule has 1 heterocycles. The Morgan fingerprint density at radius 1 is 1.35 bits per heavy atom. The maximum Gasteiger partial charge on any atom is 0.169 e. The summed E-state index contributed by atoms with van der Waals surface area (Å²) in [6.07, 6.45) is 1.22. The predicted octanol–water partition coefficient (Wildman–Crippen LogP) is 3.79. The van der Waals surface area contributed by atoms with Gasteiger partial charge in [0.25, 0.3) is 0 Å². The van der Waals surface area contributed by atoms with Crippen LogP contribution in [-0.2, 0) is 19.9 Å². The first-order valence-electron chi connectivity index (χ1n) is 6.74. The summed E-state index contributed by atoms with van der Waals surface area (Å²) in [6, 6.07) is 5.99. The number of nitrogens with zero attached hydrogens (tertiary/aromatic N) is 2. The maximum absolute atomic E-state index is 12.5. The Labute approximate surface area is 128 Å². The second-order valence-corrected chi connectivity index (χ2v) is 5.90. The van der Waals surface area contributed by atoms with E-state index in [4.69, 9.17) is 0 Å². The van der Waals surface area contributed by atoms with Crippen molar-refractivity contribution in [3.63, 3.8) is 0 Å². The first kappa shape index (κ1) is 15.0. The molecule has 0 aliphatic carbocycles. The number of ketones is 1. The standard InChI is InChI=1S/C16H19BrN2O/c1-5-13-16(17)14(19(4)18-13)9-15(20)12-8-10(2)6-7-11(12)3/h6-8H,5,9H2,1-4H3. The van der Waals surface area contributed by atoms with Crippen molar-refractivity contribution in [1.29, 1.82) is 0 Å². The maximum atomic E-state index is 12.5. The molecule has 0 N–H and O–H groups in total. The van der Waals surface area contributed by atoms with Crippen molar-refractivity contribution < 1.29 is 4.79 Å². The van der Waals surface area contributed by atoms with Crippen LogP contribution in [-0.4, -0.2) is 15.6 Å². The molecule has 2 aromatic rings. The highest BCUT2D eigenvalue weighted by Crippen LogP contribution is 2.23. The highest BCUT2D eigenvalue weighted by molar-refractivity contribution is 9.10. The summed E-state index contributed by atoms with van der Waals surface area (Å²) in [6.45, 7) is 6.04. The van der Waals surface area contributed by atoms with Gasteiger partial charge in [-0.2, -0.15) is 5.10 Å². The molecule has 1 aromatic carbocycles. The highest BCUT2D eigenvalue weighted by Gasteiger charge is 2.17. The van der Waals surface area contributed by atoms with Gasteiger partial charge in [0.05, 0.1) is 22.3 Å². The molecule has 3 nitrogen and oxygen atoms in total. The minimum atomic E-state index is 0.137. The lowest BCUT2D eigenvalue weighted by atomic mass is 9.99. The molecular formula is C16H19BrN2O. The molecule has 1 aromatic heterocycles. The van der Waals surface area contributed by atoms with Gasteiger partial charge in [0.1, 0.15) is 0 Å². The second-order valence-electron chi connectivity index (χ2n) is 5.10. The van der Waals surface area contributed by atoms with Gasteiger partial charge in [-0.15, -0.1) is 0 Å². The van der Waals surface area contributed by atoms with Crippen LogP contribution < -0.4 is 0 Å². The molecule has 0 unspecified atom stereocenters. The lowest BCUT2D eigenvalue weighted by Crippen LogP contribution is -2.10. The molecule has 0 saturated heterocycles. The molecule has 0 bridgehead atoms. The van der Waals surface area contributed by atoms with Crippen LogP contribution >= 0.6 is 15.9 Å². The highest BCUT2D eigenvalue weighted by atomic mass is 79.9. The van der Waals surface area contributed by atoms with Gasteiger partial charge < -0.3 is 0 Å². The second kappa shape index (κ2) is 5.92. The molecule has 0 spiro atoms. The number of aryl methyl sites for hydroxylation is 4. The van der Waals surface area contributed by atoms with Gasteiger partial charge in [-0.3, -0.25) is 9.48 Å². The smallest absolute Gasteiger partial charge is 0.169 e. The number of hydrogen-bond acceptors (Lipinski definition) is 2. The van der Waals surface area contributed by atoms with Crippen molar-refractivity contribution in [1.82, 2.24) is 9.78 Å². The van der Waals surface area contributed by atoms with E-state index in [1.807, 2.05) is 39.1 Å². The molecule has 0 amide bonds. The number of hydrogen-bond donors (Lipinski definition) is 0. The number of rotatable bonds is 4. The summed E-state index contributed by atoms with van der Waals surface area (Å²) in [4.78, 5) is 12.5. The SMILES string of the molecule is CCc1nn(C)c(CC(=O)c2cc(C)ccc2C)c1Br. The first-order chi connectivity index (χ1) is 9.43. The average molecular weight is 335 g/mol. The van der Waals surface area contributed by atoms with Gasteiger partial charge in [0.2, 0.25) is 0 Å². The number of halogens is 1. The van der Waals surface area contributed by atoms with Crippen molar-refractivity contribution in [3.05, 3.63) is 50.8 Å². The van der Waals surface area contributed by atoms with E-state index in [1.54, 1.807) is 4.68 Å². The first-order valence-corrected chi connectivity index (χ1v) is 7.54. The fourth-order valence-electron chi connectivity index (χ4n) is 2.30. The monoisotopic (exact) mass is 334 g/mol. The minimum absolute atomic E-state index is 0.137. The molecule has 20 heavy (non-hydrogen) atoms. The van der Waals surface area contributed by atoms with Crippen LogP contribution in [0.4, 0.5) is 0 Å². The zero-order valence-electron chi connectivity index (χ0n) is 12.3. The van der Waals surface area contributed by atoms with Crippen molar-refractivity contribution in [2.75, 3.05) is 0 Å². The van der Waals surface area contributed by atoms with Crippen molar-refractivity contribution in [2.24, 2.45) is 7.05 Å². The molecule has 4 heteroatoms. The van der Waals surface area contributed by atoms with Gasteiger partial charge in [0, 0.05) is 12.6 Å². The normalized spacial score (nSPS) is 10.8. The Morgan fingerprint density at radius 3 is 2.65 bits per heavy atom. The number of Topliss-reactive ketones (excluding diaryl/α,β-unsaturated/α-hetero) is 1. The summed E-state index contributed by atoms with van der Waals surface area (Å²) in [5.41, 5.74) is 4.87. The van der Waals surface area contributed by atoms with Crippen LogP contribution in [0.5, 0.6) is 0 Å². The summed E-state index contributed by atoms with van der Waals surface area (Å²) in [7, 11) is 1.88. The third kappa shape index (κ3) is 2.85. The molecule has 0 atom stereocenters. The number of benzene rings is 1. The zero-order chi connectivity index (χ0) is 14.9. The van der Waals surface area contributed by atoms with Gasteiger partial charge in [0.15, 0.2) is 5.78 Å². The zero-order valence-corrected chi connectivity index (χ0v) is 13.9. The van der Waals surface area contributed by atoms with E-state index in [-0.39, 0.29) is 5.78 Å². The van der Waals surface area contributed by atoms with E-state index in [0.29, 0.717) is 6.42 Å². The van der Waals surface area contributed by atoms with E-state index in [0.717, 1.165) is 39.0 Å². The number of carbonyl (C=O) groups excluding carboxylic acids is 1. The molecule has 0 fully saturated rings. The largest absolute Gasteiger partial charge is 0.294 e. The topological polar surface area (TPSA) is 34.9 Å². The van der Waals surface area contributed by atoms with Crippen LogP contribution in [0.3, 0.4) is 0 Å². The summed E-state index contributed by atoms with van der Waals surface area (Å²) < 4.78 is 2.76. The van der Waals surface area contributed by atoms with Crippen LogP contribution in [0.15, 0.2) is 22.7 Å². The summed E-state index contributed by atoms with van der Waals surface area (Å²) in [5.74, 6) is 0.137. The van der Waals surface area contributed by atoms with E-state index < -0.39 is 0 Å². The van der Waals surface area contributed by atoms with Gasteiger partial charge >= 0.3 is 0 Å². The van der Waals surface area contributed by atoms with E-state index >= 15 is 0 Å². The molecule has 106 valence electrons. The molecule has 0 aliphatic heterocycles. The average Bonchev–Trinajstić information content (AvgIpc) is 2.68. The van der Waals surface area contributed by atoms with E-state index in [2.05, 4.69) is 28.0 Å². The number of aromatic nitrogens is 2. The third-order valence-corrected chi connectivity index (χ3v) is 4.44. The van der Waals surface area contributed by atoms with Crippen molar-refractivity contribution in [3.8, 4) is 0 Å². The van der Waals surface area contributed by atoms with Crippen molar-refractivity contribution >= 4 is 21.7 Å². The van der Waals surface area contributed by atoms with E-state index in [9.17, 15) is 4.79 Å². The van der Waals surface area contributed by atoms with Crippen molar-refractivity contribution in [2.45, 2.75) is 33.6 Å². The van der Waals surface area contributed by atoms with Gasteiger partial charge in [-0.1, -0.05) is 24.6 Å². The summed E-state index contributed by atoms with van der Waals surface area (Å²) in [5, 5.41) is 4.43. The molecular weight excluding hydrogens is 316 g/mol. The Bertz CT molecular complexity index is 659. The quantitative estimate of drug-likeness (QED) is 0.797. The lowest BCUT2D eigenvalue weighted by molar-refractivity contribution is 0.0990. The Balaban J connectivity index is 2.33. The molecule has 0 radical (unpaired) electrons. The van der Waals surface area contributed by atoms with Crippen LogP contribution in [0.1, 0.15) is 39.8 Å². The minimum Gasteiger partial charge on any atom is -0.294 e. The summed E-state index contributed by atoms with van der Waals surface area (Å²) >= 11 is 3.56. The fraction of sp³-hybridized carbons (Fsp3) is 0.375. The Hall–Kier alpha value is -1.42. The predicted molar refractivity (Wildman–Crippen MR) is 84.2 cm³/mol. The lowest BCUT2D eigenvalue weighted by Gasteiger charge is -2.07. The van der Waals surface area contributed by atoms with Crippen LogP contribution in [0, 0.1) is 13.8 Å². The number of carbonyl (C=O) groups is 1. The van der Waals surface area contributed by atoms with Crippen LogP contribution in [0.25, 0.3) is 0 Å². The fourth-order valence-corrected chi connectivity index (χ4v) is 3.05. The Kier molecular flexibility index (Phi) is 4.43. The molecule has 0 aliphatic rings. The molecule has 2 rings (SSSR count).